The lowest BCUT2D eigenvalue weighted by Gasteiger charge is -2.15. The molecule has 0 aliphatic carbocycles. The van der Waals surface area contributed by atoms with Crippen LogP contribution in [0.1, 0.15) is 20.8 Å². The number of nitrogens with one attached hydrogen (secondary N) is 1. The Bertz CT molecular complexity index is 400. The van der Waals surface area contributed by atoms with Gasteiger partial charge < -0.3 is 4.52 Å². The summed E-state index contributed by atoms with van der Waals surface area (Å²) in [6.07, 6.45) is 0.206. The quantitative estimate of drug-likeness (QED) is 0.607. The molecule has 5 heteroatoms. The lowest BCUT2D eigenvalue weighted by Crippen LogP contribution is -2.34. The van der Waals surface area contributed by atoms with E-state index in [4.69, 9.17) is 16.3 Å². The molecule has 0 saturated heterocycles. The molecule has 0 amide bonds. The van der Waals surface area contributed by atoms with E-state index in [9.17, 15) is 0 Å². The van der Waals surface area contributed by atoms with Crippen molar-refractivity contribution in [3.63, 3.8) is 0 Å². The van der Waals surface area contributed by atoms with Crippen molar-refractivity contribution in [2.75, 3.05) is 13.3 Å². The molecular weight excluding hydrogens is 227 g/mol. The lowest BCUT2D eigenvalue weighted by atomic mass is 10.2. The first kappa shape index (κ1) is 12.5. The van der Waals surface area contributed by atoms with Crippen molar-refractivity contribution in [2.45, 2.75) is 20.8 Å². The third kappa shape index (κ3) is 4.21. The minimum absolute atomic E-state index is 0.360. The van der Waals surface area contributed by atoms with E-state index < -0.39 is 6.26 Å². The Balaban J connectivity index is 2.86. The van der Waals surface area contributed by atoms with Gasteiger partial charge in [0.15, 0.2) is 0 Å². The molecule has 0 saturated carbocycles. The van der Waals surface area contributed by atoms with Gasteiger partial charge in [-0.05, 0) is 27.2 Å². The Kier molecular flexibility index (Phi) is 3.77. The second-order valence-corrected chi connectivity index (χ2v) is 9.59. The van der Waals surface area contributed by atoms with Gasteiger partial charge in [-0.3, -0.25) is 0 Å². The second-order valence-electron chi connectivity index (χ2n) is 4.27. The summed E-state index contributed by atoms with van der Waals surface area (Å²) in [6.45, 7) is 10.1. The number of rotatable bonds is 3. The van der Waals surface area contributed by atoms with Crippen LogP contribution < -0.4 is 9.98 Å². The van der Waals surface area contributed by atoms with Gasteiger partial charge in [0, 0.05) is 6.92 Å². The first-order valence-electron chi connectivity index (χ1n) is 4.93. The Labute approximate surface area is 96.4 Å². The molecule has 15 heavy (non-hydrogen) atoms. The van der Waals surface area contributed by atoms with Gasteiger partial charge in [-0.15, -0.1) is 0 Å². The van der Waals surface area contributed by atoms with Crippen molar-refractivity contribution in [3.8, 4) is 0 Å². The highest BCUT2D eigenvalue weighted by atomic mass is 32.4. The zero-order valence-corrected chi connectivity index (χ0v) is 11.6. The fourth-order valence-electron chi connectivity index (χ4n) is 1.16. The van der Waals surface area contributed by atoms with E-state index in [1.165, 1.54) is 0 Å². The van der Waals surface area contributed by atoms with Crippen molar-refractivity contribution in [3.05, 3.63) is 12.0 Å². The van der Waals surface area contributed by atoms with Crippen LogP contribution in [0.5, 0.6) is 0 Å². The molecule has 0 atom stereocenters. The van der Waals surface area contributed by atoms with Gasteiger partial charge in [-0.2, -0.15) is 5.32 Å². The fourth-order valence-corrected chi connectivity index (χ4v) is 1.97. The maximum atomic E-state index is 5.70. The van der Waals surface area contributed by atoms with Crippen LogP contribution in [-0.4, -0.2) is 24.9 Å². The molecule has 1 aliphatic rings. The molecule has 1 heterocycles. The number of allylic oxidation sites excluding steroid dienone is 1. The summed E-state index contributed by atoms with van der Waals surface area (Å²) in [5.74, 6) is 2.03. The number of hydrogen-bond donors (Lipinski definition) is 1. The Morgan fingerprint density at radius 2 is 2.07 bits per heavy atom. The second kappa shape index (κ2) is 4.52. The highest BCUT2D eigenvalue weighted by molar-refractivity contribution is 8.11. The van der Waals surface area contributed by atoms with E-state index in [-0.39, 0.29) is 0 Å². The van der Waals surface area contributed by atoms with Crippen molar-refractivity contribution in [2.24, 2.45) is 5.92 Å². The van der Waals surface area contributed by atoms with Crippen LogP contribution in [0.15, 0.2) is 12.0 Å². The first-order valence-corrected chi connectivity index (χ1v) is 8.55. The molecule has 84 valence electrons. The first-order chi connectivity index (χ1) is 6.78. The molecule has 0 unspecified atom stereocenters. The highest BCUT2D eigenvalue weighted by Crippen LogP contribution is 2.40. The van der Waals surface area contributed by atoms with Crippen LogP contribution in [0.2, 0.25) is 0 Å². The highest BCUT2D eigenvalue weighted by Gasteiger charge is 2.23. The summed E-state index contributed by atoms with van der Waals surface area (Å²) in [7, 11) is 0. The largest absolute Gasteiger partial charge is 0.434 e. The minimum atomic E-state index is -1.68. The number of hydrogen-bond acceptors (Lipinski definition) is 3. The SMILES string of the molecule is CC1=[N+]=C(C(C)C)NC(OP(C)(C)=S)=C1. The maximum Gasteiger partial charge on any atom is 0.353 e. The van der Waals surface area contributed by atoms with E-state index in [1.807, 2.05) is 26.3 Å². The van der Waals surface area contributed by atoms with E-state index in [2.05, 4.69) is 23.8 Å². The monoisotopic (exact) mass is 245 g/mol. The number of amidine groups is 1. The van der Waals surface area contributed by atoms with Gasteiger partial charge in [0.25, 0.3) is 5.88 Å². The van der Waals surface area contributed by atoms with Gasteiger partial charge in [0.1, 0.15) is 6.26 Å². The third-order valence-corrected chi connectivity index (χ3v) is 2.61. The summed E-state index contributed by atoms with van der Waals surface area (Å²) in [6, 6.07) is 0. The number of nitrogens with zero attached hydrogens (tertiary/aromatic N) is 1. The Morgan fingerprint density at radius 1 is 1.47 bits per heavy atom. The van der Waals surface area contributed by atoms with Crippen LogP contribution in [-0.2, 0) is 16.3 Å². The molecule has 1 aliphatic heterocycles. The summed E-state index contributed by atoms with van der Waals surface area (Å²) in [5, 5.41) is 3.17. The zero-order chi connectivity index (χ0) is 11.6. The molecule has 0 aromatic heterocycles. The van der Waals surface area contributed by atoms with Gasteiger partial charge in [0.05, 0.1) is 12.0 Å². The van der Waals surface area contributed by atoms with Crippen LogP contribution >= 0.6 is 6.26 Å². The average molecular weight is 245 g/mol. The van der Waals surface area contributed by atoms with Gasteiger partial charge in [-0.1, -0.05) is 11.8 Å². The zero-order valence-electron chi connectivity index (χ0n) is 9.87. The van der Waals surface area contributed by atoms with Crippen LogP contribution in [0.4, 0.5) is 0 Å². The van der Waals surface area contributed by atoms with E-state index >= 15 is 0 Å². The smallest absolute Gasteiger partial charge is 0.353 e. The minimum Gasteiger partial charge on any atom is -0.434 e. The summed E-state index contributed by atoms with van der Waals surface area (Å²) in [5.41, 5.74) is 0.955. The fraction of sp³-hybridized carbons (Fsp3) is 0.600. The van der Waals surface area contributed by atoms with Crippen molar-refractivity contribution in [1.82, 2.24) is 9.98 Å². The molecule has 0 radical (unpaired) electrons. The topological polar surface area (TPSA) is 35.4 Å². The van der Waals surface area contributed by atoms with Crippen LogP contribution in [0.3, 0.4) is 0 Å². The molecule has 0 aromatic carbocycles. The third-order valence-electron chi connectivity index (χ3n) is 1.75. The van der Waals surface area contributed by atoms with E-state index in [1.54, 1.807) is 0 Å². The van der Waals surface area contributed by atoms with Crippen molar-refractivity contribution >= 4 is 29.6 Å². The molecule has 0 fully saturated rings. The van der Waals surface area contributed by atoms with Crippen LogP contribution in [0, 0.1) is 5.92 Å². The lowest BCUT2D eigenvalue weighted by molar-refractivity contribution is 0.446. The maximum absolute atomic E-state index is 5.70. The Hall–Kier alpha value is -0.560. The molecule has 3 nitrogen and oxygen atoms in total. The van der Waals surface area contributed by atoms with Gasteiger partial charge in [0.2, 0.25) is 5.71 Å². The molecule has 0 bridgehead atoms. The summed E-state index contributed by atoms with van der Waals surface area (Å²) in [4.78, 5) is 0. The average Bonchev–Trinajstić information content (AvgIpc) is 1.99. The summed E-state index contributed by atoms with van der Waals surface area (Å²) >= 11 is 5.27. The normalized spacial score (nSPS) is 16.5. The molecule has 0 spiro atoms. The summed E-state index contributed by atoms with van der Waals surface area (Å²) < 4.78 is 10.1. The van der Waals surface area contributed by atoms with E-state index in [0.29, 0.717) is 5.92 Å². The van der Waals surface area contributed by atoms with Crippen molar-refractivity contribution < 1.29 is 4.52 Å². The van der Waals surface area contributed by atoms with Crippen molar-refractivity contribution in [1.29, 1.82) is 0 Å². The molecule has 1 N–H and O–H groups in total. The van der Waals surface area contributed by atoms with Crippen LogP contribution in [0.25, 0.3) is 0 Å². The van der Waals surface area contributed by atoms with E-state index in [0.717, 1.165) is 17.4 Å². The molecular formula is C10H18N2OPS+. The predicted octanol–water partition coefficient (Wildman–Crippen LogP) is 1.68. The molecule has 0 aromatic rings. The van der Waals surface area contributed by atoms with Gasteiger partial charge in [-0.25, -0.2) is 4.67 Å². The standard InChI is InChI=1S/C10H17N2OPS/c1-7(2)10-11-8(3)6-9(12-10)13-14(4,5)15/h6-7H,1-5H3/p+1. The molecule has 1 rings (SSSR count). The van der Waals surface area contributed by atoms with Gasteiger partial charge >= 0.3 is 5.84 Å². The Morgan fingerprint density at radius 3 is 2.53 bits per heavy atom. The predicted molar refractivity (Wildman–Crippen MR) is 71.1 cm³/mol.